The first-order chi connectivity index (χ1) is 17.6. The van der Waals surface area contributed by atoms with Gasteiger partial charge < -0.3 is 27.0 Å². The van der Waals surface area contributed by atoms with Crippen LogP contribution < -0.4 is 27.0 Å². The number of amides is 3. The second-order valence-electron chi connectivity index (χ2n) is 8.79. The Morgan fingerprint density at radius 2 is 1.36 bits per heavy atom. The number of hydrogen-bond donors (Lipinski definition) is 5. The van der Waals surface area contributed by atoms with Gasteiger partial charge in [-0.1, -0.05) is 85.3 Å². The minimum absolute atomic E-state index is 0.0531. The van der Waals surface area contributed by atoms with Crippen molar-refractivity contribution in [3.63, 3.8) is 0 Å². The van der Waals surface area contributed by atoms with Crippen LogP contribution in [-0.2, 0) is 17.8 Å². The number of rotatable bonds is 14. The van der Waals surface area contributed by atoms with E-state index in [1.54, 1.807) is 0 Å². The van der Waals surface area contributed by atoms with E-state index in [-0.39, 0.29) is 18.0 Å². The fraction of sp³-hybridized carbons (Fsp3) is 0.310. The molecule has 0 aliphatic carbocycles. The van der Waals surface area contributed by atoms with Crippen LogP contribution in [0.5, 0.6) is 0 Å². The van der Waals surface area contributed by atoms with Crippen molar-refractivity contribution in [1.82, 2.24) is 16.0 Å². The minimum atomic E-state index is -0.395. The highest BCUT2D eigenvalue weighted by atomic mass is 16.2. The average molecular weight is 488 g/mol. The van der Waals surface area contributed by atoms with Crippen LogP contribution in [0.25, 0.3) is 0 Å². The first kappa shape index (κ1) is 26.9. The molecule has 0 heterocycles. The molecule has 3 aromatic carbocycles. The van der Waals surface area contributed by atoms with Crippen LogP contribution in [0.2, 0.25) is 0 Å². The number of benzene rings is 3. The highest BCUT2D eigenvalue weighted by Gasteiger charge is 2.22. The summed E-state index contributed by atoms with van der Waals surface area (Å²) in [5, 5.41) is 12.4. The van der Waals surface area contributed by atoms with Gasteiger partial charge in [0.25, 0.3) is 0 Å². The maximum absolute atomic E-state index is 13.2. The van der Waals surface area contributed by atoms with Gasteiger partial charge in [0, 0.05) is 24.8 Å². The molecule has 3 aromatic rings. The van der Waals surface area contributed by atoms with Gasteiger partial charge in [0.05, 0.1) is 6.04 Å². The largest absolute Gasteiger partial charge is 0.351 e. The Kier molecular flexibility index (Phi) is 11.5. The molecule has 0 saturated heterocycles. The van der Waals surface area contributed by atoms with Gasteiger partial charge >= 0.3 is 6.03 Å². The van der Waals surface area contributed by atoms with Gasteiger partial charge in [-0.05, 0) is 49.1 Å². The second-order valence-corrected chi connectivity index (χ2v) is 8.79. The SMILES string of the molecule is NCCCC[C@H](N[C@@H](CNC(=O)Nc1ccccc1)Cc1ccccc1)C(=O)NCc1ccccc1. The Balaban J connectivity index is 1.65. The molecule has 0 aliphatic rings. The normalized spacial score (nSPS) is 12.4. The number of carbonyl (C=O) groups excluding carboxylic acids is 2. The number of nitrogens with two attached hydrogens (primary N) is 1. The monoisotopic (exact) mass is 487 g/mol. The molecule has 36 heavy (non-hydrogen) atoms. The Morgan fingerprint density at radius 1 is 0.750 bits per heavy atom. The van der Waals surface area contributed by atoms with E-state index in [4.69, 9.17) is 5.73 Å². The van der Waals surface area contributed by atoms with Gasteiger partial charge in [-0.15, -0.1) is 0 Å². The molecule has 7 nitrogen and oxygen atoms in total. The summed E-state index contributed by atoms with van der Waals surface area (Å²) in [6.45, 7) is 1.43. The van der Waals surface area contributed by atoms with Crippen LogP contribution in [0.4, 0.5) is 10.5 Å². The third-order valence-electron chi connectivity index (χ3n) is 5.88. The van der Waals surface area contributed by atoms with Gasteiger partial charge in [-0.2, -0.15) is 0 Å². The fourth-order valence-electron chi connectivity index (χ4n) is 3.98. The number of urea groups is 1. The number of nitrogens with one attached hydrogen (secondary N) is 4. The van der Waals surface area contributed by atoms with Gasteiger partial charge in [-0.3, -0.25) is 4.79 Å². The quantitative estimate of drug-likeness (QED) is 0.223. The van der Waals surface area contributed by atoms with Crippen molar-refractivity contribution in [2.45, 2.75) is 44.3 Å². The van der Waals surface area contributed by atoms with Crippen LogP contribution >= 0.6 is 0 Å². The lowest BCUT2D eigenvalue weighted by molar-refractivity contribution is -0.123. The van der Waals surface area contributed by atoms with E-state index in [1.807, 2.05) is 78.9 Å². The van der Waals surface area contributed by atoms with Crippen LogP contribution in [0.1, 0.15) is 30.4 Å². The Morgan fingerprint density at radius 3 is 2.00 bits per heavy atom. The summed E-state index contributed by atoms with van der Waals surface area (Å²) in [6, 6.07) is 28.4. The maximum atomic E-state index is 13.2. The summed E-state index contributed by atoms with van der Waals surface area (Å²) in [5.74, 6) is -0.0531. The van der Waals surface area contributed by atoms with E-state index < -0.39 is 6.04 Å². The van der Waals surface area contributed by atoms with E-state index in [2.05, 4.69) is 33.4 Å². The van der Waals surface area contributed by atoms with Crippen molar-refractivity contribution in [3.05, 3.63) is 102 Å². The van der Waals surface area contributed by atoms with Crippen molar-refractivity contribution in [1.29, 1.82) is 0 Å². The first-order valence-electron chi connectivity index (χ1n) is 12.6. The molecular formula is C29H37N5O2. The molecule has 7 heteroatoms. The van der Waals surface area contributed by atoms with Crippen LogP contribution in [0.15, 0.2) is 91.0 Å². The third kappa shape index (κ3) is 9.90. The lowest BCUT2D eigenvalue weighted by Crippen LogP contribution is -2.52. The zero-order chi connectivity index (χ0) is 25.4. The predicted molar refractivity (Wildman–Crippen MR) is 146 cm³/mol. The predicted octanol–water partition coefficient (Wildman–Crippen LogP) is 3.82. The molecule has 6 N–H and O–H groups in total. The van der Waals surface area contributed by atoms with Crippen LogP contribution in [-0.4, -0.2) is 37.1 Å². The second kappa shape index (κ2) is 15.3. The zero-order valence-corrected chi connectivity index (χ0v) is 20.7. The van der Waals surface area contributed by atoms with E-state index in [1.165, 1.54) is 0 Å². The number of unbranched alkanes of at least 4 members (excludes halogenated alkanes) is 1. The van der Waals surface area contributed by atoms with E-state index in [9.17, 15) is 9.59 Å². The topological polar surface area (TPSA) is 108 Å². The highest BCUT2D eigenvalue weighted by Crippen LogP contribution is 2.09. The van der Waals surface area contributed by atoms with E-state index >= 15 is 0 Å². The van der Waals surface area contributed by atoms with E-state index in [0.717, 1.165) is 29.7 Å². The number of para-hydroxylation sites is 1. The van der Waals surface area contributed by atoms with Crippen molar-refractivity contribution in [2.24, 2.45) is 5.73 Å². The van der Waals surface area contributed by atoms with Gasteiger partial charge in [0.2, 0.25) is 5.91 Å². The van der Waals surface area contributed by atoms with Crippen molar-refractivity contribution >= 4 is 17.6 Å². The van der Waals surface area contributed by atoms with Gasteiger partial charge in [0.1, 0.15) is 0 Å². The van der Waals surface area contributed by atoms with Gasteiger partial charge in [-0.25, -0.2) is 4.79 Å². The fourth-order valence-corrected chi connectivity index (χ4v) is 3.98. The van der Waals surface area contributed by atoms with Crippen molar-refractivity contribution in [2.75, 3.05) is 18.4 Å². The van der Waals surface area contributed by atoms with Crippen molar-refractivity contribution in [3.8, 4) is 0 Å². The lowest BCUT2D eigenvalue weighted by Gasteiger charge is -2.26. The summed E-state index contributed by atoms with van der Waals surface area (Å²) in [5.41, 5.74) is 8.60. The number of carbonyl (C=O) groups is 2. The summed E-state index contributed by atoms with van der Waals surface area (Å²) in [4.78, 5) is 25.7. The first-order valence-corrected chi connectivity index (χ1v) is 12.6. The number of anilines is 1. The molecule has 0 spiro atoms. The van der Waals surface area contributed by atoms with Crippen LogP contribution in [0.3, 0.4) is 0 Å². The third-order valence-corrected chi connectivity index (χ3v) is 5.88. The molecule has 190 valence electrons. The standard InChI is InChI=1S/C29H37N5O2/c30-19-11-10-18-27(28(35)31-21-24-14-6-2-7-15-24)33-26(20-23-12-4-1-5-13-23)22-32-29(36)34-25-16-8-3-9-17-25/h1-9,12-17,26-27,33H,10-11,18-22,30H2,(H,31,35)(H2,32,34,36)/t26-,27+/m1/s1. The van der Waals surface area contributed by atoms with E-state index in [0.29, 0.717) is 32.5 Å². The van der Waals surface area contributed by atoms with Crippen LogP contribution in [0, 0.1) is 0 Å². The van der Waals surface area contributed by atoms with Crippen molar-refractivity contribution < 1.29 is 9.59 Å². The lowest BCUT2D eigenvalue weighted by atomic mass is 10.0. The average Bonchev–Trinajstić information content (AvgIpc) is 2.91. The summed E-state index contributed by atoms with van der Waals surface area (Å²) < 4.78 is 0. The molecule has 0 bridgehead atoms. The molecule has 3 amide bonds. The molecule has 0 unspecified atom stereocenters. The summed E-state index contributed by atoms with van der Waals surface area (Å²) in [7, 11) is 0. The molecule has 3 rings (SSSR count). The molecule has 0 aromatic heterocycles. The molecule has 2 atom stereocenters. The molecule has 0 aliphatic heterocycles. The summed E-state index contributed by atoms with van der Waals surface area (Å²) in [6.07, 6.45) is 3.03. The zero-order valence-electron chi connectivity index (χ0n) is 20.7. The van der Waals surface area contributed by atoms with Gasteiger partial charge in [0.15, 0.2) is 0 Å². The maximum Gasteiger partial charge on any atom is 0.319 e. The molecule has 0 fully saturated rings. The summed E-state index contributed by atoms with van der Waals surface area (Å²) >= 11 is 0. The number of hydrogen-bond acceptors (Lipinski definition) is 4. The Bertz CT molecular complexity index is 1030. The molecular weight excluding hydrogens is 450 g/mol. The molecule has 0 radical (unpaired) electrons. The molecule has 0 saturated carbocycles. The smallest absolute Gasteiger partial charge is 0.319 e. The highest BCUT2D eigenvalue weighted by molar-refractivity contribution is 5.89. The minimum Gasteiger partial charge on any atom is -0.351 e. The Labute approximate surface area is 213 Å². The Hall–Kier alpha value is -3.68.